The molecule has 0 fully saturated rings. The first-order chi connectivity index (χ1) is 12.7. The van der Waals surface area contributed by atoms with Crippen molar-refractivity contribution in [1.82, 2.24) is 4.90 Å². The molecular formula is C20H22ClNO4S. The van der Waals surface area contributed by atoms with E-state index in [1.807, 2.05) is 31.7 Å². The Bertz CT molecular complexity index is 871. The molecule has 3 rings (SSSR count). The Kier molecular flexibility index (Phi) is 5.60. The average Bonchev–Trinajstić information content (AvgIpc) is 2.97. The lowest BCUT2D eigenvalue weighted by Gasteiger charge is -2.32. The Labute approximate surface area is 167 Å². The molecule has 1 aliphatic rings. The van der Waals surface area contributed by atoms with E-state index in [9.17, 15) is 14.7 Å². The Balaban J connectivity index is 1.82. The molecule has 0 bridgehead atoms. The van der Waals surface area contributed by atoms with Crippen molar-refractivity contribution < 1.29 is 19.4 Å². The van der Waals surface area contributed by atoms with Crippen molar-refractivity contribution >= 4 is 34.9 Å². The summed E-state index contributed by atoms with van der Waals surface area (Å²) >= 11 is 7.70. The van der Waals surface area contributed by atoms with Crippen LogP contribution in [0, 0.1) is 5.41 Å². The number of carbonyl (C=O) groups is 2. The third-order valence-corrected chi connectivity index (χ3v) is 5.94. The molecule has 7 heteroatoms. The number of carboxylic acid groups (broad SMARTS) is 1. The predicted octanol–water partition coefficient (Wildman–Crippen LogP) is 4.54. The van der Waals surface area contributed by atoms with Crippen LogP contribution in [0.1, 0.15) is 42.8 Å². The van der Waals surface area contributed by atoms with Crippen LogP contribution >= 0.6 is 22.9 Å². The summed E-state index contributed by atoms with van der Waals surface area (Å²) in [5.74, 6) is -1.21. The molecule has 5 nitrogen and oxygen atoms in total. The van der Waals surface area contributed by atoms with Gasteiger partial charge in [-0.3, -0.25) is 14.5 Å². The van der Waals surface area contributed by atoms with E-state index in [0.29, 0.717) is 35.2 Å². The fourth-order valence-electron chi connectivity index (χ4n) is 3.03. The maximum absolute atomic E-state index is 12.1. The van der Waals surface area contributed by atoms with Crippen molar-refractivity contribution in [2.45, 2.75) is 39.8 Å². The molecule has 1 atom stereocenters. The molecule has 144 valence electrons. The fourth-order valence-corrected chi connectivity index (χ4v) is 4.27. The van der Waals surface area contributed by atoms with E-state index in [4.69, 9.17) is 16.3 Å². The summed E-state index contributed by atoms with van der Waals surface area (Å²) in [5.41, 5.74) is 1.01. The maximum Gasteiger partial charge on any atom is 0.325 e. The van der Waals surface area contributed by atoms with Gasteiger partial charge in [-0.15, -0.1) is 11.3 Å². The number of nitrogens with zero attached hydrogens (tertiary/aromatic N) is 1. The number of esters is 1. The van der Waals surface area contributed by atoms with Gasteiger partial charge in [-0.1, -0.05) is 29.8 Å². The van der Waals surface area contributed by atoms with Gasteiger partial charge < -0.3 is 9.84 Å². The largest absolute Gasteiger partial charge is 0.480 e. The number of thiophene rings is 1. The highest BCUT2D eigenvalue weighted by Crippen LogP contribution is 2.38. The van der Waals surface area contributed by atoms with E-state index in [0.717, 1.165) is 10.4 Å². The molecule has 1 aliphatic heterocycles. The number of carboxylic acids is 1. The van der Waals surface area contributed by atoms with Crippen LogP contribution < -0.4 is 4.74 Å². The highest BCUT2D eigenvalue weighted by atomic mass is 35.5. The van der Waals surface area contributed by atoms with Gasteiger partial charge in [-0.2, -0.15) is 0 Å². The summed E-state index contributed by atoms with van der Waals surface area (Å²) in [7, 11) is 0. The maximum atomic E-state index is 12.1. The van der Waals surface area contributed by atoms with E-state index in [1.54, 1.807) is 24.3 Å². The predicted molar refractivity (Wildman–Crippen MR) is 105 cm³/mol. The van der Waals surface area contributed by atoms with E-state index < -0.39 is 17.4 Å². The number of benzene rings is 1. The fraction of sp³-hybridized carbons (Fsp3) is 0.400. The lowest BCUT2D eigenvalue weighted by atomic mass is 9.97. The van der Waals surface area contributed by atoms with Gasteiger partial charge in [0.15, 0.2) is 5.06 Å². The molecule has 2 heterocycles. The molecule has 0 aliphatic carbocycles. The molecule has 27 heavy (non-hydrogen) atoms. The number of carbonyl (C=O) groups excluding carboxylic acids is 1. The summed E-state index contributed by atoms with van der Waals surface area (Å²) in [6.07, 6.45) is 0.710. The van der Waals surface area contributed by atoms with Gasteiger partial charge in [-0.25, -0.2) is 0 Å². The van der Waals surface area contributed by atoms with Crippen LogP contribution in [0.3, 0.4) is 0 Å². The first kappa shape index (κ1) is 19.9. The van der Waals surface area contributed by atoms with Gasteiger partial charge in [-0.05, 0) is 50.5 Å². The second kappa shape index (κ2) is 7.62. The zero-order chi connectivity index (χ0) is 19.8. The summed E-state index contributed by atoms with van der Waals surface area (Å²) in [6, 6.07) is 8.07. The Morgan fingerprint density at radius 3 is 2.63 bits per heavy atom. The molecule has 0 amide bonds. The minimum atomic E-state index is -0.929. The van der Waals surface area contributed by atoms with Gasteiger partial charge in [0, 0.05) is 23.0 Å². The Morgan fingerprint density at radius 1 is 1.30 bits per heavy atom. The molecule has 0 spiro atoms. The number of fused-ring (bicyclic) bond motifs is 1. The number of hydrogen-bond donors (Lipinski definition) is 1. The Hall–Kier alpha value is -1.89. The third kappa shape index (κ3) is 4.34. The second-order valence-electron chi connectivity index (χ2n) is 7.64. The number of hydrogen-bond acceptors (Lipinski definition) is 5. The lowest BCUT2D eigenvalue weighted by Crippen LogP contribution is -2.37. The van der Waals surface area contributed by atoms with Gasteiger partial charge in [0.25, 0.3) is 0 Å². The van der Waals surface area contributed by atoms with Crippen LogP contribution in [0.5, 0.6) is 5.06 Å². The third-order valence-electron chi connectivity index (χ3n) is 4.48. The monoisotopic (exact) mass is 407 g/mol. The van der Waals surface area contributed by atoms with Crippen LogP contribution in [0.25, 0.3) is 0 Å². The van der Waals surface area contributed by atoms with E-state index in [-0.39, 0.29) is 5.97 Å². The molecule has 1 N–H and O–H groups in total. The van der Waals surface area contributed by atoms with Crippen LogP contribution in [0.15, 0.2) is 30.3 Å². The molecule has 1 aromatic carbocycles. The zero-order valence-electron chi connectivity index (χ0n) is 15.5. The van der Waals surface area contributed by atoms with Crippen LogP contribution in [-0.4, -0.2) is 28.5 Å². The molecule has 0 unspecified atom stereocenters. The van der Waals surface area contributed by atoms with Gasteiger partial charge in [0.2, 0.25) is 0 Å². The van der Waals surface area contributed by atoms with Crippen LogP contribution in [0.2, 0.25) is 5.02 Å². The summed E-state index contributed by atoms with van der Waals surface area (Å²) in [5, 5.41) is 10.8. The highest BCUT2D eigenvalue weighted by molar-refractivity contribution is 7.14. The van der Waals surface area contributed by atoms with E-state index >= 15 is 0 Å². The SMILES string of the molecule is CC(C)(C)C(=O)Oc1cc2c(s1)CCN([C@H](C(=O)O)c1ccccc1Cl)C2. The van der Waals surface area contributed by atoms with Crippen molar-refractivity contribution in [1.29, 1.82) is 0 Å². The summed E-state index contributed by atoms with van der Waals surface area (Å²) < 4.78 is 5.50. The molecule has 2 aromatic rings. The first-order valence-corrected chi connectivity index (χ1v) is 9.91. The van der Waals surface area contributed by atoms with Crippen molar-refractivity contribution in [3.05, 3.63) is 51.4 Å². The zero-order valence-corrected chi connectivity index (χ0v) is 17.1. The number of aliphatic carboxylic acids is 1. The normalized spacial score (nSPS) is 15.9. The average molecular weight is 408 g/mol. The summed E-state index contributed by atoms with van der Waals surface area (Å²) in [4.78, 5) is 27.1. The second-order valence-corrected chi connectivity index (χ2v) is 9.14. The quantitative estimate of drug-likeness (QED) is 0.754. The molecule has 0 saturated heterocycles. The summed E-state index contributed by atoms with van der Waals surface area (Å²) in [6.45, 7) is 6.51. The molecule has 0 radical (unpaired) electrons. The van der Waals surface area contributed by atoms with Crippen LogP contribution in [-0.2, 0) is 22.6 Å². The number of rotatable bonds is 4. The minimum Gasteiger partial charge on any atom is -0.480 e. The van der Waals surface area contributed by atoms with E-state index in [1.165, 1.54) is 11.3 Å². The van der Waals surface area contributed by atoms with Crippen molar-refractivity contribution in [2.24, 2.45) is 5.41 Å². The smallest absolute Gasteiger partial charge is 0.325 e. The van der Waals surface area contributed by atoms with Crippen LogP contribution in [0.4, 0.5) is 0 Å². The van der Waals surface area contributed by atoms with Gasteiger partial charge in [0.05, 0.1) is 5.41 Å². The lowest BCUT2D eigenvalue weighted by molar-refractivity contribution is -0.144. The topological polar surface area (TPSA) is 66.8 Å². The van der Waals surface area contributed by atoms with E-state index in [2.05, 4.69) is 0 Å². The van der Waals surface area contributed by atoms with Crippen molar-refractivity contribution in [2.75, 3.05) is 6.54 Å². The van der Waals surface area contributed by atoms with Crippen molar-refractivity contribution in [3.8, 4) is 5.06 Å². The van der Waals surface area contributed by atoms with Crippen molar-refractivity contribution in [3.63, 3.8) is 0 Å². The number of halogens is 1. The minimum absolute atomic E-state index is 0.280. The molecular weight excluding hydrogens is 386 g/mol. The molecule has 1 aromatic heterocycles. The van der Waals surface area contributed by atoms with Gasteiger partial charge in [0.1, 0.15) is 6.04 Å². The first-order valence-electron chi connectivity index (χ1n) is 8.72. The highest BCUT2D eigenvalue weighted by Gasteiger charge is 2.33. The van der Waals surface area contributed by atoms with Gasteiger partial charge >= 0.3 is 11.9 Å². The Morgan fingerprint density at radius 2 is 2.00 bits per heavy atom. The molecule has 0 saturated carbocycles. The standard InChI is InChI=1S/C20H22ClNO4S/c1-20(2,3)19(25)26-16-10-12-11-22(9-8-15(12)27-16)17(18(23)24)13-6-4-5-7-14(13)21/h4-7,10,17H,8-9,11H2,1-3H3,(H,23,24)/t17-/m0/s1. The number of ether oxygens (including phenoxy) is 1.